The molecule has 5 heteroatoms. The monoisotopic (exact) mass is 357 g/mol. The summed E-state index contributed by atoms with van der Waals surface area (Å²) in [5.41, 5.74) is 2.63. The molecule has 0 spiro atoms. The molecule has 0 unspecified atom stereocenters. The average Bonchev–Trinajstić information content (AvgIpc) is 2.88. The zero-order valence-electron chi connectivity index (χ0n) is 16.1. The van der Waals surface area contributed by atoms with E-state index in [1.807, 2.05) is 7.05 Å². The molecule has 0 aromatic carbocycles. The molecule has 0 radical (unpaired) electrons. The molecule has 26 heavy (non-hydrogen) atoms. The summed E-state index contributed by atoms with van der Waals surface area (Å²) >= 11 is 0. The van der Waals surface area contributed by atoms with Crippen LogP contribution in [0.2, 0.25) is 0 Å². The Hall–Kier alpha value is -1.36. The summed E-state index contributed by atoms with van der Waals surface area (Å²) in [7, 11) is 1.89. The lowest BCUT2D eigenvalue weighted by atomic mass is 9.46. The molecule has 6 rings (SSSR count). The Balaban J connectivity index is 1.39. The maximum atomic E-state index is 13.1. The Kier molecular flexibility index (Phi) is 3.60. The van der Waals surface area contributed by atoms with Gasteiger partial charge >= 0.3 is 0 Å². The fourth-order valence-electron chi connectivity index (χ4n) is 7.17. The van der Waals surface area contributed by atoms with E-state index in [2.05, 4.69) is 17.3 Å². The molecule has 1 aromatic rings. The number of rotatable bonds is 3. The van der Waals surface area contributed by atoms with Gasteiger partial charge in [0.25, 0.3) is 5.91 Å². The van der Waals surface area contributed by atoms with Crippen LogP contribution in [0, 0.1) is 17.3 Å². The van der Waals surface area contributed by atoms with Gasteiger partial charge in [0.15, 0.2) is 0 Å². The van der Waals surface area contributed by atoms with E-state index in [4.69, 9.17) is 0 Å². The zero-order chi connectivity index (χ0) is 18.1. The molecule has 5 aliphatic carbocycles. The molecular weight excluding hydrogens is 326 g/mol. The number of carbonyl (C=O) groups is 1. The number of fused-ring (bicyclic) bond motifs is 1. The first-order valence-corrected chi connectivity index (χ1v) is 10.5. The molecular formula is C21H31N3O2. The van der Waals surface area contributed by atoms with Crippen LogP contribution in [-0.2, 0) is 19.9 Å². The Bertz CT molecular complexity index is 739. The van der Waals surface area contributed by atoms with E-state index in [0.717, 1.165) is 68.3 Å². The minimum Gasteiger partial charge on any atom is -0.390 e. The summed E-state index contributed by atoms with van der Waals surface area (Å²) in [5, 5.41) is 18.9. The lowest BCUT2D eigenvalue weighted by Gasteiger charge is -2.62. The van der Waals surface area contributed by atoms with Gasteiger partial charge in [-0.3, -0.25) is 9.48 Å². The number of hydrogen-bond acceptors (Lipinski definition) is 3. The van der Waals surface area contributed by atoms with Gasteiger partial charge in [-0.25, -0.2) is 0 Å². The average molecular weight is 357 g/mol. The van der Waals surface area contributed by atoms with E-state index in [1.54, 1.807) is 4.68 Å². The molecule has 1 heterocycles. The van der Waals surface area contributed by atoms with Crippen LogP contribution in [0.5, 0.6) is 0 Å². The third-order valence-corrected chi connectivity index (χ3v) is 7.88. The molecule has 1 amide bonds. The van der Waals surface area contributed by atoms with E-state index in [-0.39, 0.29) is 17.4 Å². The molecule has 4 fully saturated rings. The van der Waals surface area contributed by atoms with Gasteiger partial charge in [-0.05, 0) is 88.4 Å². The van der Waals surface area contributed by atoms with E-state index < -0.39 is 5.60 Å². The zero-order valence-corrected chi connectivity index (χ0v) is 16.1. The van der Waals surface area contributed by atoms with Crippen molar-refractivity contribution in [3.63, 3.8) is 0 Å². The van der Waals surface area contributed by atoms with Crippen LogP contribution in [0.3, 0.4) is 0 Å². The highest BCUT2D eigenvalue weighted by molar-refractivity contribution is 5.94. The van der Waals surface area contributed by atoms with E-state index in [0.29, 0.717) is 11.8 Å². The molecule has 0 saturated heterocycles. The van der Waals surface area contributed by atoms with Gasteiger partial charge in [-0.2, -0.15) is 5.10 Å². The number of hydrogen-bond donors (Lipinski definition) is 2. The highest BCUT2D eigenvalue weighted by Gasteiger charge is 2.59. The Morgan fingerprint density at radius 3 is 2.62 bits per heavy atom. The minimum atomic E-state index is -0.477. The van der Waals surface area contributed by atoms with Crippen molar-refractivity contribution in [3.8, 4) is 0 Å². The first-order chi connectivity index (χ1) is 12.4. The first kappa shape index (κ1) is 16.8. The molecule has 5 nitrogen and oxygen atoms in total. The summed E-state index contributed by atoms with van der Waals surface area (Å²) in [6.45, 7) is 2.16. The Labute approximate surface area is 155 Å². The molecule has 0 aliphatic heterocycles. The van der Waals surface area contributed by atoms with E-state index in [1.165, 1.54) is 12.8 Å². The Morgan fingerprint density at radius 2 is 1.92 bits per heavy atom. The molecule has 3 atom stereocenters. The van der Waals surface area contributed by atoms with Crippen molar-refractivity contribution in [2.24, 2.45) is 24.3 Å². The number of aliphatic hydroxyl groups is 1. The van der Waals surface area contributed by atoms with Crippen LogP contribution in [0.25, 0.3) is 0 Å². The predicted octanol–water partition coefficient (Wildman–Crippen LogP) is 2.75. The van der Waals surface area contributed by atoms with Crippen LogP contribution < -0.4 is 5.32 Å². The van der Waals surface area contributed by atoms with Crippen molar-refractivity contribution in [2.45, 2.75) is 82.8 Å². The van der Waals surface area contributed by atoms with Crippen LogP contribution in [0.15, 0.2) is 0 Å². The number of aryl methyl sites for hydroxylation is 2. The quantitative estimate of drug-likeness (QED) is 0.874. The van der Waals surface area contributed by atoms with Crippen molar-refractivity contribution < 1.29 is 9.90 Å². The first-order valence-electron chi connectivity index (χ1n) is 10.5. The van der Waals surface area contributed by atoms with Gasteiger partial charge in [0.05, 0.1) is 11.3 Å². The van der Waals surface area contributed by atoms with Gasteiger partial charge < -0.3 is 10.4 Å². The second-order valence-corrected chi connectivity index (χ2v) is 9.85. The maximum Gasteiger partial charge on any atom is 0.270 e. The van der Waals surface area contributed by atoms with Gasteiger partial charge in [0, 0.05) is 18.7 Å². The minimum absolute atomic E-state index is 0.0263. The number of nitrogens with zero attached hydrogens (tertiary/aromatic N) is 2. The predicted molar refractivity (Wildman–Crippen MR) is 98.8 cm³/mol. The normalized spacial score (nSPS) is 38.9. The van der Waals surface area contributed by atoms with Crippen molar-refractivity contribution in [1.29, 1.82) is 0 Å². The second kappa shape index (κ2) is 5.57. The fourth-order valence-corrected chi connectivity index (χ4v) is 7.17. The molecule has 1 aromatic heterocycles. The van der Waals surface area contributed by atoms with Gasteiger partial charge in [-0.15, -0.1) is 0 Å². The smallest absolute Gasteiger partial charge is 0.270 e. The standard InChI is InChI=1S/C21H31N3O2/c1-13(20-8-14-7-15(9-20)11-21(26,10-14)12-20)22-19(25)18-16-5-3-4-6-17(16)23-24(18)2/h13-15,26H,3-12H2,1-2H3,(H,22,25)/t13-,14+,15+,20?,21?/m0/s1. The summed E-state index contributed by atoms with van der Waals surface area (Å²) in [6, 6.07) is 0.0987. The summed E-state index contributed by atoms with van der Waals surface area (Å²) in [4.78, 5) is 13.1. The SMILES string of the molecule is C[C@H](NC(=O)c1c2c(nn1C)CCCC2)C12C[C@H]3C[C@@H](CC(O)(C3)C1)C2. The molecule has 5 aliphatic rings. The number of carbonyl (C=O) groups excluding carboxylic acids is 1. The fraction of sp³-hybridized carbons (Fsp3) is 0.810. The second-order valence-electron chi connectivity index (χ2n) is 9.85. The number of amides is 1. The van der Waals surface area contributed by atoms with Crippen LogP contribution >= 0.6 is 0 Å². The van der Waals surface area contributed by atoms with Crippen molar-refractivity contribution in [3.05, 3.63) is 17.0 Å². The highest BCUT2D eigenvalue weighted by Crippen LogP contribution is 2.62. The van der Waals surface area contributed by atoms with Crippen LogP contribution in [0.4, 0.5) is 0 Å². The van der Waals surface area contributed by atoms with Gasteiger partial charge in [0.1, 0.15) is 5.69 Å². The lowest BCUT2D eigenvalue weighted by Crippen LogP contribution is -2.61. The summed E-state index contributed by atoms with van der Waals surface area (Å²) < 4.78 is 1.78. The molecule has 4 bridgehead atoms. The van der Waals surface area contributed by atoms with E-state index >= 15 is 0 Å². The third kappa shape index (κ3) is 2.46. The van der Waals surface area contributed by atoms with Crippen molar-refractivity contribution >= 4 is 5.91 Å². The van der Waals surface area contributed by atoms with Crippen molar-refractivity contribution in [1.82, 2.24) is 15.1 Å². The Morgan fingerprint density at radius 1 is 1.23 bits per heavy atom. The molecule has 2 N–H and O–H groups in total. The van der Waals surface area contributed by atoms with E-state index in [9.17, 15) is 9.90 Å². The third-order valence-electron chi connectivity index (χ3n) is 7.88. The number of aromatic nitrogens is 2. The topological polar surface area (TPSA) is 67.2 Å². The maximum absolute atomic E-state index is 13.1. The van der Waals surface area contributed by atoms with Crippen LogP contribution in [-0.4, -0.2) is 32.4 Å². The molecule has 142 valence electrons. The highest BCUT2D eigenvalue weighted by atomic mass is 16.3. The number of nitrogens with one attached hydrogen (secondary N) is 1. The van der Waals surface area contributed by atoms with Gasteiger partial charge in [0.2, 0.25) is 0 Å². The summed E-state index contributed by atoms with van der Waals surface area (Å²) in [6.07, 6.45) is 10.7. The van der Waals surface area contributed by atoms with Gasteiger partial charge in [-0.1, -0.05) is 0 Å². The largest absolute Gasteiger partial charge is 0.390 e. The van der Waals surface area contributed by atoms with Crippen molar-refractivity contribution in [2.75, 3.05) is 0 Å². The molecule has 4 saturated carbocycles. The lowest BCUT2D eigenvalue weighted by molar-refractivity contribution is -0.171. The summed E-state index contributed by atoms with van der Waals surface area (Å²) in [5.74, 6) is 1.31. The van der Waals surface area contributed by atoms with Crippen LogP contribution in [0.1, 0.15) is 80.0 Å².